The molecule has 5 nitrogen and oxygen atoms in total. The number of piperazine rings is 1. The third-order valence-corrected chi connectivity index (χ3v) is 5.36. The van der Waals surface area contributed by atoms with Gasteiger partial charge in [0, 0.05) is 6.61 Å². The van der Waals surface area contributed by atoms with Crippen molar-refractivity contribution in [3.8, 4) is 0 Å². The fourth-order valence-corrected chi connectivity index (χ4v) is 4.16. The number of carbonyl (C=O) groups is 2. The monoisotopic (exact) mass is 294 g/mol. The molecule has 1 saturated carbocycles. The summed E-state index contributed by atoms with van der Waals surface area (Å²) in [6, 6.07) is -0.343. The maximum absolute atomic E-state index is 13.1. The molecule has 1 spiro atoms. The fourth-order valence-electron chi connectivity index (χ4n) is 4.16. The Bertz CT molecular complexity index is 437. The van der Waals surface area contributed by atoms with Crippen LogP contribution in [0, 0.1) is 0 Å². The minimum Gasteiger partial charge on any atom is -0.373 e. The van der Waals surface area contributed by atoms with E-state index in [2.05, 4.69) is 12.2 Å². The maximum atomic E-state index is 13.1. The van der Waals surface area contributed by atoms with E-state index in [1.54, 1.807) is 0 Å². The molecule has 2 saturated heterocycles. The highest BCUT2D eigenvalue weighted by Gasteiger charge is 2.53. The van der Waals surface area contributed by atoms with Crippen LogP contribution in [0.1, 0.15) is 58.8 Å². The molecule has 2 heterocycles. The van der Waals surface area contributed by atoms with Crippen LogP contribution in [0.15, 0.2) is 0 Å². The fraction of sp³-hybridized carbons (Fsp3) is 0.875. The lowest BCUT2D eigenvalue weighted by molar-refractivity contribution is -0.159. The molecule has 1 N–H and O–H groups in total. The summed E-state index contributed by atoms with van der Waals surface area (Å²) in [5.74, 6) is 0.128. The SMILES string of the molecule is CCC1C(=O)NC2(CCCC2)C(=O)N1CC1(C)CCCO1. The number of nitrogens with one attached hydrogen (secondary N) is 1. The van der Waals surface area contributed by atoms with Crippen molar-refractivity contribution in [3.63, 3.8) is 0 Å². The lowest BCUT2D eigenvalue weighted by Gasteiger charge is -2.46. The first-order valence-corrected chi connectivity index (χ1v) is 8.27. The predicted molar refractivity (Wildman–Crippen MR) is 78.7 cm³/mol. The van der Waals surface area contributed by atoms with E-state index >= 15 is 0 Å². The van der Waals surface area contributed by atoms with Crippen LogP contribution in [0.4, 0.5) is 0 Å². The van der Waals surface area contributed by atoms with Crippen LogP contribution < -0.4 is 5.32 Å². The van der Waals surface area contributed by atoms with E-state index < -0.39 is 5.54 Å². The Labute approximate surface area is 126 Å². The lowest BCUT2D eigenvalue weighted by Crippen LogP contribution is -2.70. The Morgan fingerprint density at radius 2 is 1.95 bits per heavy atom. The zero-order chi connectivity index (χ0) is 15.1. The summed E-state index contributed by atoms with van der Waals surface area (Å²) in [7, 11) is 0. The molecule has 0 aromatic heterocycles. The van der Waals surface area contributed by atoms with E-state index in [1.165, 1.54) is 0 Å². The second kappa shape index (κ2) is 5.27. The van der Waals surface area contributed by atoms with Crippen LogP contribution in [-0.2, 0) is 14.3 Å². The second-order valence-electron chi connectivity index (χ2n) is 7.04. The average molecular weight is 294 g/mol. The summed E-state index contributed by atoms with van der Waals surface area (Å²) in [5.41, 5.74) is -0.918. The number of carbonyl (C=O) groups excluding carboxylic acids is 2. The molecule has 0 aromatic carbocycles. The normalized spacial score (nSPS) is 35.5. The van der Waals surface area contributed by atoms with Gasteiger partial charge in [0.05, 0.1) is 12.1 Å². The minimum atomic E-state index is -0.627. The zero-order valence-corrected chi connectivity index (χ0v) is 13.1. The van der Waals surface area contributed by atoms with E-state index in [4.69, 9.17) is 4.74 Å². The molecule has 5 heteroatoms. The highest BCUT2D eigenvalue weighted by Crippen LogP contribution is 2.37. The third kappa shape index (κ3) is 2.45. The van der Waals surface area contributed by atoms with Gasteiger partial charge in [0.25, 0.3) is 0 Å². The van der Waals surface area contributed by atoms with Gasteiger partial charge in [-0.15, -0.1) is 0 Å². The van der Waals surface area contributed by atoms with Gasteiger partial charge in [0.15, 0.2) is 0 Å². The van der Waals surface area contributed by atoms with Crippen LogP contribution >= 0.6 is 0 Å². The van der Waals surface area contributed by atoms with Gasteiger partial charge in [-0.3, -0.25) is 9.59 Å². The summed E-state index contributed by atoms with van der Waals surface area (Å²) < 4.78 is 5.85. The zero-order valence-electron chi connectivity index (χ0n) is 13.1. The van der Waals surface area contributed by atoms with Gasteiger partial charge in [-0.25, -0.2) is 0 Å². The molecule has 2 atom stereocenters. The van der Waals surface area contributed by atoms with Crippen molar-refractivity contribution in [2.75, 3.05) is 13.2 Å². The van der Waals surface area contributed by atoms with Crippen molar-refractivity contribution >= 4 is 11.8 Å². The van der Waals surface area contributed by atoms with Gasteiger partial charge in [0.2, 0.25) is 11.8 Å². The van der Waals surface area contributed by atoms with Crippen LogP contribution in [0.2, 0.25) is 0 Å². The highest BCUT2D eigenvalue weighted by atomic mass is 16.5. The largest absolute Gasteiger partial charge is 0.373 e. The van der Waals surface area contributed by atoms with Gasteiger partial charge in [-0.1, -0.05) is 19.8 Å². The van der Waals surface area contributed by atoms with Crippen molar-refractivity contribution < 1.29 is 14.3 Å². The molecule has 2 aliphatic heterocycles. The number of hydrogen-bond acceptors (Lipinski definition) is 3. The summed E-state index contributed by atoms with van der Waals surface area (Å²) in [6.45, 7) is 5.33. The topological polar surface area (TPSA) is 58.6 Å². The Balaban J connectivity index is 1.86. The van der Waals surface area contributed by atoms with Gasteiger partial charge in [-0.05, 0) is 39.0 Å². The molecule has 1 aliphatic carbocycles. The predicted octanol–water partition coefficient (Wildman–Crippen LogP) is 1.61. The molecule has 118 valence electrons. The quantitative estimate of drug-likeness (QED) is 0.860. The maximum Gasteiger partial charge on any atom is 0.249 e. The van der Waals surface area contributed by atoms with Crippen LogP contribution in [0.25, 0.3) is 0 Å². The Kier molecular flexibility index (Phi) is 3.72. The molecular weight excluding hydrogens is 268 g/mol. The Morgan fingerprint density at radius 1 is 1.24 bits per heavy atom. The first-order valence-electron chi connectivity index (χ1n) is 8.27. The molecular formula is C16H26N2O3. The standard InChI is InChI=1S/C16H26N2O3/c1-3-12-13(19)17-16(8-4-5-9-16)14(20)18(12)11-15(2)7-6-10-21-15/h12H,3-11H2,1-2H3,(H,17,19). The van der Waals surface area contributed by atoms with Gasteiger partial charge in [-0.2, -0.15) is 0 Å². The summed E-state index contributed by atoms with van der Waals surface area (Å²) in [6.07, 6.45) is 6.25. The summed E-state index contributed by atoms with van der Waals surface area (Å²) >= 11 is 0. The van der Waals surface area contributed by atoms with Crippen molar-refractivity contribution in [1.29, 1.82) is 0 Å². The van der Waals surface area contributed by atoms with Gasteiger partial charge in [0.1, 0.15) is 11.6 Å². The molecule has 2 amide bonds. The number of hydrogen-bond donors (Lipinski definition) is 1. The van der Waals surface area contributed by atoms with Crippen molar-refractivity contribution in [3.05, 3.63) is 0 Å². The molecule has 0 radical (unpaired) electrons. The Hall–Kier alpha value is -1.10. The first-order chi connectivity index (χ1) is 10.00. The highest BCUT2D eigenvalue weighted by molar-refractivity contribution is 6.00. The first kappa shape index (κ1) is 14.8. The summed E-state index contributed by atoms with van der Waals surface area (Å²) in [5, 5.41) is 3.04. The molecule has 3 fully saturated rings. The summed E-state index contributed by atoms with van der Waals surface area (Å²) in [4.78, 5) is 27.3. The molecule has 0 aromatic rings. The van der Waals surface area contributed by atoms with E-state index in [1.807, 2.05) is 11.8 Å². The van der Waals surface area contributed by atoms with Crippen molar-refractivity contribution in [1.82, 2.24) is 10.2 Å². The average Bonchev–Trinajstić information content (AvgIpc) is 3.07. The molecule has 3 rings (SSSR count). The Morgan fingerprint density at radius 3 is 2.52 bits per heavy atom. The number of nitrogens with zero attached hydrogens (tertiary/aromatic N) is 1. The van der Waals surface area contributed by atoms with Gasteiger partial charge < -0.3 is 15.0 Å². The minimum absolute atomic E-state index is 0.0144. The van der Waals surface area contributed by atoms with Gasteiger partial charge >= 0.3 is 0 Å². The lowest BCUT2D eigenvalue weighted by atomic mass is 9.88. The number of rotatable bonds is 3. The molecule has 2 unspecified atom stereocenters. The van der Waals surface area contributed by atoms with Crippen LogP contribution in [0.5, 0.6) is 0 Å². The van der Waals surface area contributed by atoms with E-state index in [0.717, 1.165) is 45.1 Å². The van der Waals surface area contributed by atoms with Crippen LogP contribution in [-0.4, -0.2) is 47.0 Å². The van der Waals surface area contributed by atoms with Crippen molar-refractivity contribution in [2.45, 2.75) is 76.0 Å². The molecule has 3 aliphatic rings. The van der Waals surface area contributed by atoms with Crippen molar-refractivity contribution in [2.24, 2.45) is 0 Å². The van der Waals surface area contributed by atoms with Crippen LogP contribution in [0.3, 0.4) is 0 Å². The number of amides is 2. The van der Waals surface area contributed by atoms with E-state index in [9.17, 15) is 9.59 Å². The molecule has 21 heavy (non-hydrogen) atoms. The number of ether oxygens (including phenoxy) is 1. The smallest absolute Gasteiger partial charge is 0.249 e. The second-order valence-corrected chi connectivity index (χ2v) is 7.04. The third-order valence-electron chi connectivity index (χ3n) is 5.36. The van der Waals surface area contributed by atoms with E-state index in [0.29, 0.717) is 13.0 Å². The van der Waals surface area contributed by atoms with E-state index in [-0.39, 0.29) is 23.5 Å². The molecule has 0 bridgehead atoms.